The molecule has 0 saturated carbocycles. The average molecular weight is 385 g/mol. The van der Waals surface area contributed by atoms with E-state index in [-0.39, 0.29) is 18.6 Å². The van der Waals surface area contributed by atoms with E-state index in [1.165, 1.54) is 0 Å². The first-order valence-electron chi connectivity index (χ1n) is 8.66. The minimum atomic E-state index is -0.217. The molecule has 1 N–H and O–H groups in total. The zero-order chi connectivity index (χ0) is 19.4. The number of urea groups is 1. The Morgan fingerprint density at radius 1 is 1.19 bits per heavy atom. The molecule has 1 aromatic heterocycles. The second-order valence-electron chi connectivity index (χ2n) is 6.49. The van der Waals surface area contributed by atoms with Gasteiger partial charge in [-0.25, -0.2) is 4.79 Å². The maximum absolute atomic E-state index is 12.7. The molecule has 0 aliphatic carbocycles. The van der Waals surface area contributed by atoms with E-state index < -0.39 is 0 Å². The number of amides is 2. The van der Waals surface area contributed by atoms with Crippen LogP contribution in [0.4, 0.5) is 10.5 Å². The molecular formula is C20H21ClN4O2. The van der Waals surface area contributed by atoms with Crippen LogP contribution >= 0.6 is 11.6 Å². The van der Waals surface area contributed by atoms with Gasteiger partial charge < -0.3 is 14.7 Å². The van der Waals surface area contributed by atoms with E-state index in [1.54, 1.807) is 17.0 Å². The van der Waals surface area contributed by atoms with Crippen molar-refractivity contribution < 1.29 is 9.32 Å². The van der Waals surface area contributed by atoms with E-state index in [2.05, 4.69) is 15.5 Å². The first-order valence-corrected chi connectivity index (χ1v) is 9.03. The lowest BCUT2D eigenvalue weighted by Gasteiger charge is -2.25. The second-order valence-corrected chi connectivity index (χ2v) is 6.92. The summed E-state index contributed by atoms with van der Waals surface area (Å²) in [6.45, 7) is 6.05. The van der Waals surface area contributed by atoms with E-state index in [9.17, 15) is 4.79 Å². The Morgan fingerprint density at radius 3 is 2.56 bits per heavy atom. The van der Waals surface area contributed by atoms with Crippen LogP contribution in [0.3, 0.4) is 0 Å². The fourth-order valence-corrected chi connectivity index (χ4v) is 2.70. The maximum Gasteiger partial charge on any atom is 0.322 e. The molecule has 0 unspecified atom stereocenters. The summed E-state index contributed by atoms with van der Waals surface area (Å²) in [5, 5.41) is 7.58. The first kappa shape index (κ1) is 18.9. The van der Waals surface area contributed by atoms with Crippen molar-refractivity contribution in [1.29, 1.82) is 0 Å². The molecule has 0 saturated heterocycles. The lowest BCUT2D eigenvalue weighted by Crippen LogP contribution is -2.39. The van der Waals surface area contributed by atoms with Crippen LogP contribution in [0.5, 0.6) is 0 Å². The number of hydrogen-bond acceptors (Lipinski definition) is 4. The molecule has 2 aromatic carbocycles. The number of halogens is 1. The van der Waals surface area contributed by atoms with Gasteiger partial charge in [-0.1, -0.05) is 35.0 Å². The third-order valence-electron chi connectivity index (χ3n) is 4.15. The molecule has 0 fully saturated rings. The number of aromatic nitrogens is 2. The van der Waals surface area contributed by atoms with Crippen LogP contribution in [-0.2, 0) is 6.54 Å². The Morgan fingerprint density at radius 2 is 1.89 bits per heavy atom. The van der Waals surface area contributed by atoms with Crippen LogP contribution in [0.15, 0.2) is 53.1 Å². The Labute approximate surface area is 163 Å². The normalized spacial score (nSPS) is 10.9. The van der Waals surface area contributed by atoms with Gasteiger partial charge in [0.1, 0.15) is 6.54 Å². The molecule has 27 heavy (non-hydrogen) atoms. The third-order valence-corrected chi connectivity index (χ3v) is 4.40. The summed E-state index contributed by atoms with van der Waals surface area (Å²) in [4.78, 5) is 18.8. The number of rotatable bonds is 5. The summed E-state index contributed by atoms with van der Waals surface area (Å²) in [5.41, 5.74) is 2.58. The first-order chi connectivity index (χ1) is 12.9. The van der Waals surface area contributed by atoms with Crippen molar-refractivity contribution in [2.75, 3.05) is 5.32 Å². The summed E-state index contributed by atoms with van der Waals surface area (Å²) >= 11 is 5.91. The molecule has 6 nitrogen and oxygen atoms in total. The number of anilines is 1. The number of carbonyl (C=O) groups excluding carboxylic acids is 1. The lowest BCUT2D eigenvalue weighted by atomic mass is 10.2. The van der Waals surface area contributed by atoms with Crippen LogP contribution in [0, 0.1) is 6.92 Å². The molecule has 3 aromatic rings. The molecule has 1 heterocycles. The maximum atomic E-state index is 12.7. The van der Waals surface area contributed by atoms with Crippen molar-refractivity contribution in [2.24, 2.45) is 0 Å². The van der Waals surface area contributed by atoms with Gasteiger partial charge >= 0.3 is 6.03 Å². The highest BCUT2D eigenvalue weighted by molar-refractivity contribution is 6.30. The SMILES string of the molecule is Cc1ccccc1NC(=O)N(Cc1nc(-c2ccc(Cl)cc2)no1)C(C)C. The van der Waals surface area contributed by atoms with Crippen molar-refractivity contribution in [1.82, 2.24) is 15.0 Å². The molecule has 3 rings (SSSR count). The van der Waals surface area contributed by atoms with Gasteiger partial charge in [0.25, 0.3) is 0 Å². The molecule has 7 heteroatoms. The Kier molecular flexibility index (Phi) is 5.76. The summed E-state index contributed by atoms with van der Waals surface area (Å²) in [6, 6.07) is 14.6. The van der Waals surface area contributed by atoms with Gasteiger partial charge in [-0.2, -0.15) is 4.98 Å². The summed E-state index contributed by atoms with van der Waals surface area (Å²) < 4.78 is 5.34. The quantitative estimate of drug-likeness (QED) is 0.661. The topological polar surface area (TPSA) is 71.3 Å². The fraction of sp³-hybridized carbons (Fsp3) is 0.250. The summed E-state index contributed by atoms with van der Waals surface area (Å²) in [5.74, 6) is 0.832. The fourth-order valence-electron chi connectivity index (χ4n) is 2.57. The largest absolute Gasteiger partial charge is 0.337 e. The van der Waals surface area contributed by atoms with Gasteiger partial charge in [-0.15, -0.1) is 0 Å². The molecule has 0 bridgehead atoms. The van der Waals surface area contributed by atoms with Crippen LogP contribution < -0.4 is 5.32 Å². The zero-order valence-corrected chi connectivity index (χ0v) is 16.2. The minimum Gasteiger partial charge on any atom is -0.337 e. The molecule has 0 radical (unpaired) electrons. The average Bonchev–Trinajstić information content (AvgIpc) is 3.10. The highest BCUT2D eigenvalue weighted by atomic mass is 35.5. The standard InChI is InChI=1S/C20H21ClN4O2/c1-13(2)25(20(26)22-17-7-5-4-6-14(17)3)12-18-23-19(24-27-18)15-8-10-16(21)11-9-15/h4-11,13H,12H2,1-3H3,(H,22,26). The number of nitrogens with zero attached hydrogens (tertiary/aromatic N) is 3. The number of carbonyl (C=O) groups is 1. The van der Waals surface area contributed by atoms with Gasteiger partial charge in [-0.05, 0) is 56.7 Å². The van der Waals surface area contributed by atoms with Crippen LogP contribution in [0.25, 0.3) is 11.4 Å². The van der Waals surface area contributed by atoms with Gasteiger partial charge in [0.05, 0.1) is 0 Å². The van der Waals surface area contributed by atoms with Crippen molar-refractivity contribution in [3.8, 4) is 11.4 Å². The lowest BCUT2D eigenvalue weighted by molar-refractivity contribution is 0.182. The number of aryl methyl sites for hydroxylation is 1. The number of benzene rings is 2. The Bertz CT molecular complexity index is 922. The highest BCUT2D eigenvalue weighted by Gasteiger charge is 2.21. The predicted octanol–water partition coefficient (Wildman–Crippen LogP) is 5.14. The van der Waals surface area contributed by atoms with Crippen LogP contribution in [-0.4, -0.2) is 27.1 Å². The van der Waals surface area contributed by atoms with Gasteiger partial charge in [0.15, 0.2) is 0 Å². The zero-order valence-electron chi connectivity index (χ0n) is 15.4. The Balaban J connectivity index is 1.74. The second kappa shape index (κ2) is 8.22. The third kappa shape index (κ3) is 4.65. The monoisotopic (exact) mass is 384 g/mol. The molecule has 2 amide bonds. The molecule has 0 aliphatic rings. The van der Waals surface area contributed by atoms with Gasteiger partial charge in [0, 0.05) is 22.3 Å². The smallest absolute Gasteiger partial charge is 0.322 e. The van der Waals surface area contributed by atoms with Crippen molar-refractivity contribution >= 4 is 23.3 Å². The van der Waals surface area contributed by atoms with E-state index >= 15 is 0 Å². The van der Waals surface area contributed by atoms with E-state index in [4.69, 9.17) is 16.1 Å². The van der Waals surface area contributed by atoms with Crippen molar-refractivity contribution in [2.45, 2.75) is 33.4 Å². The summed E-state index contributed by atoms with van der Waals surface area (Å²) in [7, 11) is 0. The molecule has 0 aliphatic heterocycles. The van der Waals surface area contributed by atoms with E-state index in [0.717, 1.165) is 16.8 Å². The van der Waals surface area contributed by atoms with Crippen molar-refractivity contribution in [3.05, 3.63) is 65.0 Å². The van der Waals surface area contributed by atoms with Crippen LogP contribution in [0.1, 0.15) is 25.3 Å². The van der Waals surface area contributed by atoms with Gasteiger partial charge in [-0.3, -0.25) is 0 Å². The highest BCUT2D eigenvalue weighted by Crippen LogP contribution is 2.20. The van der Waals surface area contributed by atoms with E-state index in [0.29, 0.717) is 16.7 Å². The van der Waals surface area contributed by atoms with Crippen LogP contribution in [0.2, 0.25) is 5.02 Å². The molecular weight excluding hydrogens is 364 g/mol. The number of nitrogens with one attached hydrogen (secondary N) is 1. The summed E-state index contributed by atoms with van der Waals surface area (Å²) in [6.07, 6.45) is 0. The number of para-hydroxylation sites is 1. The predicted molar refractivity (Wildman–Crippen MR) is 106 cm³/mol. The van der Waals surface area contributed by atoms with E-state index in [1.807, 2.05) is 57.2 Å². The molecule has 0 atom stereocenters. The Hall–Kier alpha value is -2.86. The van der Waals surface area contributed by atoms with Gasteiger partial charge in [0.2, 0.25) is 11.7 Å². The van der Waals surface area contributed by atoms with Crippen molar-refractivity contribution in [3.63, 3.8) is 0 Å². The number of hydrogen-bond donors (Lipinski definition) is 1. The molecule has 140 valence electrons. The molecule has 0 spiro atoms. The minimum absolute atomic E-state index is 0.0418.